The topological polar surface area (TPSA) is 49.3 Å². The first-order chi connectivity index (χ1) is 15.3. The van der Waals surface area contributed by atoms with Crippen molar-refractivity contribution in [2.24, 2.45) is 0 Å². The number of aldehydes is 1. The average Bonchev–Trinajstić information content (AvgIpc) is 3.35. The van der Waals surface area contributed by atoms with Gasteiger partial charge >= 0.3 is 0 Å². The number of carbonyl (C=O) groups is 1. The van der Waals surface area contributed by atoms with Crippen molar-refractivity contribution in [1.82, 2.24) is 15.1 Å². The minimum Gasteiger partial charge on any atom is -0.369 e. The van der Waals surface area contributed by atoms with Crippen LogP contribution < -0.4 is 4.90 Å². The number of anilines is 1. The molecule has 0 bridgehead atoms. The normalized spacial score (nSPS) is 18.3. The van der Waals surface area contributed by atoms with Crippen molar-refractivity contribution in [1.29, 1.82) is 0 Å². The van der Waals surface area contributed by atoms with Crippen LogP contribution in [0.5, 0.6) is 0 Å². The molecule has 0 amide bonds. The van der Waals surface area contributed by atoms with Gasteiger partial charge in [-0.15, -0.1) is 10.2 Å². The molecule has 5 nitrogen and oxygen atoms in total. The van der Waals surface area contributed by atoms with Crippen LogP contribution in [0.4, 0.5) is 5.69 Å². The molecule has 1 saturated carbocycles. The van der Waals surface area contributed by atoms with E-state index in [-0.39, 0.29) is 0 Å². The SMILES string of the molecule is O=Cc1ccc(-c2nnc(-c3ccc(N4CCN(C5CCCCC5)CC4)cc3)s2)cc1. The molecule has 1 aliphatic carbocycles. The second-order valence-corrected chi connectivity index (χ2v) is 9.49. The third-order valence-corrected chi connectivity index (χ3v) is 7.62. The third-order valence-electron chi connectivity index (χ3n) is 6.60. The largest absolute Gasteiger partial charge is 0.369 e. The molecular weight excluding hydrogens is 404 g/mol. The Morgan fingerprint density at radius 1 is 0.774 bits per heavy atom. The molecule has 3 aromatic rings. The quantitative estimate of drug-likeness (QED) is 0.523. The van der Waals surface area contributed by atoms with Crippen molar-refractivity contribution < 1.29 is 4.79 Å². The zero-order valence-corrected chi connectivity index (χ0v) is 18.6. The van der Waals surface area contributed by atoms with Crippen LogP contribution in [0.1, 0.15) is 42.5 Å². The fourth-order valence-electron chi connectivity index (χ4n) is 4.77. The van der Waals surface area contributed by atoms with Crippen LogP contribution in [0, 0.1) is 0 Å². The number of benzene rings is 2. The molecule has 2 fully saturated rings. The Hall–Kier alpha value is -2.57. The minimum absolute atomic E-state index is 0.670. The van der Waals surface area contributed by atoms with E-state index in [2.05, 4.69) is 44.3 Å². The van der Waals surface area contributed by atoms with E-state index in [9.17, 15) is 4.79 Å². The molecule has 1 saturated heterocycles. The van der Waals surface area contributed by atoms with Gasteiger partial charge in [0.25, 0.3) is 0 Å². The number of carbonyl (C=O) groups excluding carboxylic acids is 1. The Kier molecular flexibility index (Phi) is 6.09. The molecule has 0 radical (unpaired) electrons. The molecule has 1 aliphatic heterocycles. The van der Waals surface area contributed by atoms with Crippen molar-refractivity contribution in [2.75, 3.05) is 31.1 Å². The highest BCUT2D eigenvalue weighted by Crippen LogP contribution is 2.31. The van der Waals surface area contributed by atoms with Crippen LogP contribution in [0.3, 0.4) is 0 Å². The number of rotatable bonds is 5. The summed E-state index contributed by atoms with van der Waals surface area (Å²) in [5.41, 5.74) is 4.05. The van der Waals surface area contributed by atoms with Gasteiger partial charge in [-0.1, -0.05) is 54.9 Å². The Labute approximate surface area is 187 Å². The van der Waals surface area contributed by atoms with Gasteiger partial charge in [0.05, 0.1) is 0 Å². The molecular formula is C25H28N4OS. The highest BCUT2D eigenvalue weighted by molar-refractivity contribution is 7.17. The van der Waals surface area contributed by atoms with Crippen LogP contribution in [-0.2, 0) is 0 Å². The fraction of sp³-hybridized carbons (Fsp3) is 0.400. The highest BCUT2D eigenvalue weighted by atomic mass is 32.1. The summed E-state index contributed by atoms with van der Waals surface area (Å²) in [6.45, 7) is 4.56. The van der Waals surface area contributed by atoms with Crippen molar-refractivity contribution in [2.45, 2.75) is 38.1 Å². The standard InChI is InChI=1S/C25H28N4OS/c30-18-19-6-8-20(9-7-19)24-26-27-25(31-24)21-10-12-23(13-11-21)29-16-14-28(15-17-29)22-4-2-1-3-5-22/h6-13,18,22H,1-5,14-17H2. The van der Waals surface area contributed by atoms with Crippen LogP contribution in [0.15, 0.2) is 48.5 Å². The summed E-state index contributed by atoms with van der Waals surface area (Å²) < 4.78 is 0. The third kappa shape index (κ3) is 4.55. The van der Waals surface area contributed by atoms with Crippen LogP contribution >= 0.6 is 11.3 Å². The summed E-state index contributed by atoms with van der Waals surface area (Å²) in [4.78, 5) is 16.1. The van der Waals surface area contributed by atoms with Gasteiger partial charge in [-0.2, -0.15) is 0 Å². The molecule has 5 rings (SSSR count). The van der Waals surface area contributed by atoms with Gasteiger partial charge in [-0.25, -0.2) is 0 Å². The Bertz CT molecular complexity index is 1000. The van der Waals surface area contributed by atoms with Gasteiger partial charge in [0.1, 0.15) is 16.3 Å². The van der Waals surface area contributed by atoms with E-state index in [1.807, 2.05) is 24.3 Å². The number of hydrogen-bond donors (Lipinski definition) is 0. The molecule has 31 heavy (non-hydrogen) atoms. The van der Waals surface area contributed by atoms with E-state index in [1.54, 1.807) is 11.3 Å². The number of aromatic nitrogens is 2. The summed E-state index contributed by atoms with van der Waals surface area (Å²) in [6, 6.07) is 17.0. The fourth-order valence-corrected chi connectivity index (χ4v) is 5.62. The van der Waals surface area contributed by atoms with Gasteiger partial charge in [-0.05, 0) is 37.1 Å². The number of piperazine rings is 1. The van der Waals surface area contributed by atoms with Crippen molar-refractivity contribution >= 4 is 23.3 Å². The lowest BCUT2D eigenvalue weighted by molar-refractivity contribution is 0.112. The van der Waals surface area contributed by atoms with E-state index in [0.717, 1.165) is 46.6 Å². The van der Waals surface area contributed by atoms with Crippen LogP contribution in [0.25, 0.3) is 21.1 Å². The van der Waals surface area contributed by atoms with Gasteiger partial charge in [-0.3, -0.25) is 9.69 Å². The molecule has 1 aromatic heterocycles. The summed E-state index contributed by atoms with van der Waals surface area (Å²) in [7, 11) is 0. The molecule has 0 spiro atoms. The molecule has 2 aromatic carbocycles. The first kappa shape index (κ1) is 20.3. The summed E-state index contributed by atoms with van der Waals surface area (Å²) in [5.74, 6) is 0. The molecule has 0 unspecified atom stereocenters. The first-order valence-corrected chi connectivity index (χ1v) is 12.1. The van der Waals surface area contributed by atoms with Crippen molar-refractivity contribution in [3.8, 4) is 21.1 Å². The predicted octanol–water partition coefficient (Wildman–Crippen LogP) is 5.14. The molecule has 6 heteroatoms. The molecule has 2 aliphatic rings. The average molecular weight is 433 g/mol. The second-order valence-electron chi connectivity index (χ2n) is 8.51. The summed E-state index contributed by atoms with van der Waals surface area (Å²) >= 11 is 1.58. The predicted molar refractivity (Wildman–Crippen MR) is 127 cm³/mol. The summed E-state index contributed by atoms with van der Waals surface area (Å²) in [5, 5.41) is 10.5. The number of hydrogen-bond acceptors (Lipinski definition) is 6. The van der Waals surface area contributed by atoms with E-state index < -0.39 is 0 Å². The second kappa shape index (κ2) is 9.28. The highest BCUT2D eigenvalue weighted by Gasteiger charge is 2.25. The molecule has 0 N–H and O–H groups in total. The molecule has 2 heterocycles. The Balaban J connectivity index is 1.22. The van der Waals surface area contributed by atoms with Gasteiger partial charge in [0, 0.05) is 54.6 Å². The Morgan fingerprint density at radius 2 is 1.35 bits per heavy atom. The van der Waals surface area contributed by atoms with Gasteiger partial charge < -0.3 is 4.90 Å². The first-order valence-electron chi connectivity index (χ1n) is 11.3. The maximum absolute atomic E-state index is 10.8. The Morgan fingerprint density at radius 3 is 1.94 bits per heavy atom. The van der Waals surface area contributed by atoms with E-state index >= 15 is 0 Å². The van der Waals surface area contributed by atoms with E-state index in [4.69, 9.17) is 0 Å². The zero-order chi connectivity index (χ0) is 21.0. The summed E-state index contributed by atoms with van der Waals surface area (Å²) in [6.07, 6.45) is 7.87. The lowest BCUT2D eigenvalue weighted by Gasteiger charge is -2.41. The minimum atomic E-state index is 0.670. The lowest BCUT2D eigenvalue weighted by atomic mass is 9.94. The monoisotopic (exact) mass is 432 g/mol. The zero-order valence-electron chi connectivity index (χ0n) is 17.7. The van der Waals surface area contributed by atoms with Crippen LogP contribution in [0.2, 0.25) is 0 Å². The van der Waals surface area contributed by atoms with Crippen molar-refractivity contribution in [3.63, 3.8) is 0 Å². The van der Waals surface area contributed by atoms with Gasteiger partial charge in [0.15, 0.2) is 0 Å². The smallest absolute Gasteiger partial charge is 0.150 e. The number of nitrogens with zero attached hydrogens (tertiary/aromatic N) is 4. The van der Waals surface area contributed by atoms with Crippen LogP contribution in [-0.4, -0.2) is 53.6 Å². The lowest BCUT2D eigenvalue weighted by Crippen LogP contribution is -2.50. The molecule has 160 valence electrons. The van der Waals surface area contributed by atoms with Crippen molar-refractivity contribution in [3.05, 3.63) is 54.1 Å². The maximum atomic E-state index is 10.8. The van der Waals surface area contributed by atoms with Gasteiger partial charge in [0.2, 0.25) is 0 Å². The van der Waals surface area contributed by atoms with E-state index in [0.29, 0.717) is 5.56 Å². The maximum Gasteiger partial charge on any atom is 0.150 e. The van der Waals surface area contributed by atoms with E-state index in [1.165, 1.54) is 50.9 Å². The molecule has 0 atom stereocenters.